The normalized spacial score (nSPS) is 11.7. The standard InChI is InChI=1S/C27H36N4O3S/c1-20(2)16-30(26(32)29-21(3)4)18-25-15-28-27(31(25)17-23-12-7-6-8-13-23)35(33,34)19-24-14-10-9-11-22(24)5/h6-15,20-21H,16-19H2,1-5H3,(H,29,32). The van der Waals surface area contributed by atoms with Gasteiger partial charge in [0, 0.05) is 12.6 Å². The van der Waals surface area contributed by atoms with Crippen molar-refractivity contribution in [3.63, 3.8) is 0 Å². The fourth-order valence-electron chi connectivity index (χ4n) is 3.94. The Hall–Kier alpha value is -3.13. The van der Waals surface area contributed by atoms with Crippen LogP contribution in [0.15, 0.2) is 66.0 Å². The van der Waals surface area contributed by atoms with Crippen molar-refractivity contribution in [2.75, 3.05) is 6.54 Å². The van der Waals surface area contributed by atoms with Crippen LogP contribution in [0.1, 0.15) is 50.1 Å². The molecule has 0 aliphatic carbocycles. The fourth-order valence-corrected chi connectivity index (χ4v) is 5.53. The zero-order chi connectivity index (χ0) is 25.6. The topological polar surface area (TPSA) is 84.3 Å². The molecule has 3 rings (SSSR count). The third kappa shape index (κ3) is 7.18. The van der Waals surface area contributed by atoms with Gasteiger partial charge in [0.1, 0.15) is 0 Å². The van der Waals surface area contributed by atoms with Gasteiger partial charge in [0.25, 0.3) is 0 Å². The van der Waals surface area contributed by atoms with Gasteiger partial charge in [-0.3, -0.25) is 0 Å². The van der Waals surface area contributed by atoms with E-state index in [9.17, 15) is 13.2 Å². The highest BCUT2D eigenvalue weighted by Gasteiger charge is 2.26. The smallest absolute Gasteiger partial charge is 0.317 e. The summed E-state index contributed by atoms with van der Waals surface area (Å²) in [5.41, 5.74) is 3.31. The van der Waals surface area contributed by atoms with E-state index in [1.54, 1.807) is 15.7 Å². The van der Waals surface area contributed by atoms with E-state index in [1.807, 2.05) is 75.4 Å². The minimum absolute atomic E-state index is 0.00329. The van der Waals surface area contributed by atoms with Gasteiger partial charge in [-0.15, -0.1) is 0 Å². The van der Waals surface area contributed by atoms with Crippen molar-refractivity contribution in [3.05, 3.63) is 83.2 Å². The Morgan fingerprint density at radius 3 is 2.31 bits per heavy atom. The highest BCUT2D eigenvalue weighted by molar-refractivity contribution is 7.90. The molecular formula is C27H36N4O3S. The van der Waals surface area contributed by atoms with Crippen LogP contribution >= 0.6 is 0 Å². The SMILES string of the molecule is Cc1ccccc1CS(=O)(=O)c1ncc(CN(CC(C)C)C(=O)NC(C)C)n1Cc1ccccc1. The Labute approximate surface area is 209 Å². The van der Waals surface area contributed by atoms with Crippen molar-refractivity contribution in [2.24, 2.45) is 5.92 Å². The highest BCUT2D eigenvalue weighted by Crippen LogP contribution is 2.22. The van der Waals surface area contributed by atoms with Crippen molar-refractivity contribution >= 4 is 15.9 Å². The van der Waals surface area contributed by atoms with Crippen LogP contribution in [0.5, 0.6) is 0 Å². The number of hydrogen-bond acceptors (Lipinski definition) is 4. The summed E-state index contributed by atoms with van der Waals surface area (Å²) in [6.07, 6.45) is 1.59. The average molecular weight is 497 g/mol. The van der Waals surface area contributed by atoms with Gasteiger partial charge in [0.2, 0.25) is 15.0 Å². The van der Waals surface area contributed by atoms with E-state index in [2.05, 4.69) is 24.1 Å². The largest absolute Gasteiger partial charge is 0.336 e. The van der Waals surface area contributed by atoms with Crippen molar-refractivity contribution < 1.29 is 13.2 Å². The number of imidazole rings is 1. The second kappa shape index (κ2) is 11.5. The molecule has 0 spiro atoms. The maximum Gasteiger partial charge on any atom is 0.317 e. The number of urea groups is 1. The first-order valence-electron chi connectivity index (χ1n) is 12.0. The molecule has 7 nitrogen and oxygen atoms in total. The summed E-state index contributed by atoms with van der Waals surface area (Å²) in [5.74, 6) is 0.122. The second-order valence-corrected chi connectivity index (χ2v) is 11.6. The van der Waals surface area contributed by atoms with Crippen LogP contribution in [-0.2, 0) is 28.7 Å². The number of rotatable bonds is 10. The first-order chi connectivity index (χ1) is 16.6. The van der Waals surface area contributed by atoms with Gasteiger partial charge in [-0.25, -0.2) is 18.2 Å². The maximum atomic E-state index is 13.5. The molecule has 0 radical (unpaired) electrons. The molecule has 0 saturated heterocycles. The molecule has 0 unspecified atom stereocenters. The Kier molecular flexibility index (Phi) is 8.72. The van der Waals surface area contributed by atoms with E-state index >= 15 is 0 Å². The van der Waals surface area contributed by atoms with Gasteiger partial charge < -0.3 is 14.8 Å². The number of carbonyl (C=O) groups excluding carboxylic acids is 1. The lowest BCUT2D eigenvalue weighted by Crippen LogP contribution is -2.44. The number of hydrogen-bond donors (Lipinski definition) is 1. The van der Waals surface area contributed by atoms with E-state index in [0.29, 0.717) is 18.8 Å². The van der Waals surface area contributed by atoms with Gasteiger partial charge >= 0.3 is 6.03 Å². The highest BCUT2D eigenvalue weighted by atomic mass is 32.2. The second-order valence-electron chi connectivity index (χ2n) is 9.67. The number of nitrogens with zero attached hydrogens (tertiary/aromatic N) is 3. The quantitative estimate of drug-likeness (QED) is 0.437. The fraction of sp³-hybridized carbons (Fsp3) is 0.407. The van der Waals surface area contributed by atoms with Gasteiger partial charge in [-0.1, -0.05) is 68.4 Å². The molecule has 188 valence electrons. The summed E-state index contributed by atoms with van der Waals surface area (Å²) in [5, 5.41) is 2.97. The van der Waals surface area contributed by atoms with Gasteiger partial charge in [0.15, 0.2) is 0 Å². The predicted molar refractivity (Wildman–Crippen MR) is 139 cm³/mol. The first-order valence-corrected chi connectivity index (χ1v) is 13.6. The van der Waals surface area contributed by atoms with E-state index < -0.39 is 9.84 Å². The van der Waals surface area contributed by atoms with Crippen LogP contribution in [0.2, 0.25) is 0 Å². The van der Waals surface area contributed by atoms with Crippen molar-refractivity contribution in [2.45, 2.75) is 64.7 Å². The molecule has 0 saturated carbocycles. The molecule has 3 aromatic rings. The molecular weight excluding hydrogens is 460 g/mol. The molecule has 35 heavy (non-hydrogen) atoms. The number of benzene rings is 2. The summed E-state index contributed by atoms with van der Waals surface area (Å²) in [4.78, 5) is 19.0. The monoisotopic (exact) mass is 496 g/mol. The lowest BCUT2D eigenvalue weighted by Gasteiger charge is -2.26. The van der Waals surface area contributed by atoms with Crippen LogP contribution in [0.4, 0.5) is 4.79 Å². The molecule has 1 heterocycles. The molecule has 0 bridgehead atoms. The number of amides is 2. The van der Waals surface area contributed by atoms with Gasteiger partial charge in [0.05, 0.1) is 30.7 Å². The zero-order valence-corrected chi connectivity index (χ0v) is 22.0. The van der Waals surface area contributed by atoms with Crippen LogP contribution < -0.4 is 5.32 Å². The molecule has 2 aromatic carbocycles. The third-order valence-corrected chi connectivity index (χ3v) is 7.18. The Morgan fingerprint density at radius 1 is 1.03 bits per heavy atom. The van der Waals surface area contributed by atoms with Crippen molar-refractivity contribution in [1.82, 2.24) is 19.8 Å². The predicted octanol–water partition coefficient (Wildman–Crippen LogP) is 4.79. The third-order valence-electron chi connectivity index (χ3n) is 5.61. The minimum Gasteiger partial charge on any atom is -0.336 e. The van der Waals surface area contributed by atoms with E-state index in [4.69, 9.17) is 0 Å². The minimum atomic E-state index is -3.73. The summed E-state index contributed by atoms with van der Waals surface area (Å²) in [7, 11) is -3.73. The Bertz CT molecular complexity index is 1230. The summed E-state index contributed by atoms with van der Waals surface area (Å²) in [6.45, 7) is 11.0. The summed E-state index contributed by atoms with van der Waals surface area (Å²) >= 11 is 0. The number of aromatic nitrogens is 2. The molecule has 0 aliphatic rings. The summed E-state index contributed by atoms with van der Waals surface area (Å²) in [6, 6.07) is 17.0. The van der Waals surface area contributed by atoms with Crippen molar-refractivity contribution in [1.29, 1.82) is 0 Å². The van der Waals surface area contributed by atoms with Gasteiger partial charge in [-0.2, -0.15) is 0 Å². The molecule has 1 aromatic heterocycles. The lowest BCUT2D eigenvalue weighted by atomic mass is 10.1. The van der Waals surface area contributed by atoms with Crippen LogP contribution in [-0.4, -0.2) is 41.5 Å². The number of nitrogens with one attached hydrogen (secondary N) is 1. The first kappa shape index (κ1) is 26.5. The summed E-state index contributed by atoms with van der Waals surface area (Å²) < 4.78 is 28.8. The number of aryl methyl sites for hydroxylation is 1. The molecule has 0 fully saturated rings. The van der Waals surface area contributed by atoms with E-state index in [-0.39, 0.29) is 35.4 Å². The van der Waals surface area contributed by atoms with Crippen LogP contribution in [0.3, 0.4) is 0 Å². The maximum absolute atomic E-state index is 13.5. The van der Waals surface area contributed by atoms with Crippen molar-refractivity contribution in [3.8, 4) is 0 Å². The molecule has 8 heteroatoms. The van der Waals surface area contributed by atoms with E-state index in [1.165, 1.54) is 0 Å². The van der Waals surface area contributed by atoms with Crippen LogP contribution in [0.25, 0.3) is 0 Å². The Balaban J connectivity index is 2.01. The lowest BCUT2D eigenvalue weighted by molar-refractivity contribution is 0.183. The molecule has 2 amide bonds. The molecule has 0 atom stereocenters. The number of carbonyl (C=O) groups is 1. The van der Waals surface area contributed by atoms with Gasteiger partial charge in [-0.05, 0) is 43.4 Å². The van der Waals surface area contributed by atoms with Crippen LogP contribution in [0, 0.1) is 12.8 Å². The number of sulfone groups is 1. The molecule has 1 N–H and O–H groups in total. The average Bonchev–Trinajstić information content (AvgIpc) is 3.18. The molecule has 0 aliphatic heterocycles. The zero-order valence-electron chi connectivity index (χ0n) is 21.2. The Morgan fingerprint density at radius 2 is 1.69 bits per heavy atom. The van der Waals surface area contributed by atoms with E-state index in [0.717, 1.165) is 16.7 Å².